The van der Waals surface area contributed by atoms with Gasteiger partial charge in [-0.15, -0.1) is 0 Å². The lowest BCUT2D eigenvalue weighted by atomic mass is 10.1. The average molecular weight is 333 g/mol. The van der Waals surface area contributed by atoms with Crippen molar-refractivity contribution in [3.05, 3.63) is 47.4 Å². The molecule has 0 saturated carbocycles. The molecule has 3 rings (SSSR count). The molecular formula is C18H24FN3O2. The highest BCUT2D eigenvalue weighted by Crippen LogP contribution is 2.33. The standard InChI is InChI=1S/C18H24FN3O2/c1-11-5-6-12(2)22(11)13(3)18-20-17(21-24-18)16(23-4)14-7-9-15(19)10-8-14/h7-13,16H,5-6H2,1-4H3/t11-,12+,13-,16+/m0/s1. The Morgan fingerprint density at radius 2 is 1.83 bits per heavy atom. The maximum Gasteiger partial charge on any atom is 0.243 e. The summed E-state index contributed by atoms with van der Waals surface area (Å²) in [6.07, 6.45) is 1.90. The van der Waals surface area contributed by atoms with Crippen molar-refractivity contribution in [2.24, 2.45) is 0 Å². The molecule has 0 aliphatic carbocycles. The molecule has 1 aromatic carbocycles. The first kappa shape index (κ1) is 17.0. The SMILES string of the molecule is CO[C@H](c1ccc(F)cc1)c1noc([C@H](C)N2[C@H](C)CC[C@@H]2C)n1. The van der Waals surface area contributed by atoms with Gasteiger partial charge in [-0.1, -0.05) is 17.3 Å². The van der Waals surface area contributed by atoms with Crippen LogP contribution in [-0.2, 0) is 4.74 Å². The summed E-state index contributed by atoms with van der Waals surface area (Å²) >= 11 is 0. The third-order valence-electron chi connectivity index (χ3n) is 4.93. The molecular weight excluding hydrogens is 309 g/mol. The van der Waals surface area contributed by atoms with Gasteiger partial charge in [0.05, 0.1) is 6.04 Å². The first-order chi connectivity index (χ1) is 11.5. The highest BCUT2D eigenvalue weighted by molar-refractivity contribution is 5.23. The second-order valence-electron chi connectivity index (χ2n) is 6.56. The van der Waals surface area contributed by atoms with E-state index in [2.05, 4.69) is 35.8 Å². The van der Waals surface area contributed by atoms with Gasteiger partial charge in [0.15, 0.2) is 0 Å². The minimum atomic E-state index is -0.469. The van der Waals surface area contributed by atoms with Crippen LogP contribution >= 0.6 is 0 Å². The van der Waals surface area contributed by atoms with Crippen LogP contribution in [0.5, 0.6) is 0 Å². The predicted molar refractivity (Wildman–Crippen MR) is 88.0 cm³/mol. The maximum absolute atomic E-state index is 13.1. The lowest BCUT2D eigenvalue weighted by Crippen LogP contribution is -2.35. The lowest BCUT2D eigenvalue weighted by molar-refractivity contribution is 0.124. The zero-order valence-electron chi connectivity index (χ0n) is 14.6. The summed E-state index contributed by atoms with van der Waals surface area (Å²) in [7, 11) is 1.58. The number of benzene rings is 1. The van der Waals surface area contributed by atoms with Gasteiger partial charge in [0.1, 0.15) is 11.9 Å². The average Bonchev–Trinajstić information content (AvgIpc) is 3.17. The summed E-state index contributed by atoms with van der Waals surface area (Å²) in [5.41, 5.74) is 0.793. The zero-order chi connectivity index (χ0) is 17.3. The number of hydrogen-bond acceptors (Lipinski definition) is 5. The number of likely N-dealkylation sites (tertiary alicyclic amines) is 1. The number of rotatable bonds is 5. The number of nitrogens with zero attached hydrogens (tertiary/aromatic N) is 3. The summed E-state index contributed by atoms with van der Waals surface area (Å²) < 4.78 is 24.1. The summed E-state index contributed by atoms with van der Waals surface area (Å²) in [6, 6.07) is 7.21. The van der Waals surface area contributed by atoms with E-state index in [9.17, 15) is 4.39 Å². The Balaban J connectivity index is 1.82. The Kier molecular flexibility index (Phi) is 4.96. The van der Waals surface area contributed by atoms with E-state index in [-0.39, 0.29) is 11.9 Å². The van der Waals surface area contributed by atoms with Crippen molar-refractivity contribution in [1.29, 1.82) is 0 Å². The highest BCUT2D eigenvalue weighted by atomic mass is 19.1. The van der Waals surface area contributed by atoms with Crippen LogP contribution in [0, 0.1) is 5.82 Å². The first-order valence-electron chi connectivity index (χ1n) is 8.40. The van der Waals surface area contributed by atoms with Crippen molar-refractivity contribution in [3.8, 4) is 0 Å². The molecule has 24 heavy (non-hydrogen) atoms. The van der Waals surface area contributed by atoms with Crippen molar-refractivity contribution in [2.45, 2.75) is 57.8 Å². The second kappa shape index (κ2) is 6.99. The Morgan fingerprint density at radius 1 is 1.21 bits per heavy atom. The van der Waals surface area contributed by atoms with Gasteiger partial charge in [0, 0.05) is 19.2 Å². The summed E-state index contributed by atoms with van der Waals surface area (Å²) in [5.74, 6) is 0.772. The molecule has 1 saturated heterocycles. The van der Waals surface area contributed by atoms with Gasteiger partial charge in [0.2, 0.25) is 11.7 Å². The van der Waals surface area contributed by atoms with Gasteiger partial charge >= 0.3 is 0 Å². The second-order valence-corrected chi connectivity index (χ2v) is 6.56. The van der Waals surface area contributed by atoms with Crippen molar-refractivity contribution in [2.75, 3.05) is 7.11 Å². The van der Waals surface area contributed by atoms with E-state index in [0.29, 0.717) is 23.8 Å². The van der Waals surface area contributed by atoms with Crippen LogP contribution in [0.1, 0.15) is 63.0 Å². The Morgan fingerprint density at radius 3 is 2.42 bits per heavy atom. The fourth-order valence-electron chi connectivity index (χ4n) is 3.66. The van der Waals surface area contributed by atoms with Gasteiger partial charge < -0.3 is 9.26 Å². The van der Waals surface area contributed by atoms with E-state index in [0.717, 1.165) is 5.56 Å². The minimum absolute atomic E-state index is 0.0597. The number of hydrogen-bond donors (Lipinski definition) is 0. The van der Waals surface area contributed by atoms with Gasteiger partial charge in [-0.2, -0.15) is 4.98 Å². The van der Waals surface area contributed by atoms with Gasteiger partial charge in [0.25, 0.3) is 0 Å². The summed E-state index contributed by atoms with van der Waals surface area (Å²) in [4.78, 5) is 6.97. The Bertz CT molecular complexity index is 663. The smallest absolute Gasteiger partial charge is 0.243 e. The van der Waals surface area contributed by atoms with E-state index < -0.39 is 6.10 Å². The zero-order valence-corrected chi connectivity index (χ0v) is 14.6. The number of halogens is 1. The molecule has 5 nitrogen and oxygen atoms in total. The Labute approximate surface area is 141 Å². The quantitative estimate of drug-likeness (QED) is 0.831. The summed E-state index contributed by atoms with van der Waals surface area (Å²) in [6.45, 7) is 6.55. The van der Waals surface area contributed by atoms with Gasteiger partial charge in [-0.3, -0.25) is 4.90 Å². The molecule has 0 amide bonds. The highest BCUT2D eigenvalue weighted by Gasteiger charge is 2.34. The molecule has 0 radical (unpaired) electrons. The number of aromatic nitrogens is 2. The molecule has 0 bridgehead atoms. The van der Waals surface area contributed by atoms with E-state index in [1.807, 2.05) is 0 Å². The molecule has 2 aromatic rings. The molecule has 1 aliphatic rings. The molecule has 0 spiro atoms. The molecule has 1 aromatic heterocycles. The third kappa shape index (κ3) is 3.21. The first-order valence-corrected chi connectivity index (χ1v) is 8.40. The van der Waals surface area contributed by atoms with Crippen molar-refractivity contribution in [3.63, 3.8) is 0 Å². The lowest BCUT2D eigenvalue weighted by Gasteiger charge is -2.30. The fourth-order valence-corrected chi connectivity index (χ4v) is 3.66. The molecule has 0 unspecified atom stereocenters. The van der Waals surface area contributed by atoms with E-state index >= 15 is 0 Å². The van der Waals surface area contributed by atoms with Crippen LogP contribution in [0.25, 0.3) is 0 Å². The normalized spacial score (nSPS) is 24.2. The van der Waals surface area contributed by atoms with E-state index in [1.165, 1.54) is 25.0 Å². The van der Waals surface area contributed by atoms with Crippen LogP contribution in [0.15, 0.2) is 28.8 Å². The fraction of sp³-hybridized carbons (Fsp3) is 0.556. The molecule has 6 heteroatoms. The minimum Gasteiger partial charge on any atom is -0.369 e. The van der Waals surface area contributed by atoms with Crippen molar-refractivity contribution in [1.82, 2.24) is 15.0 Å². The Hall–Kier alpha value is -1.79. The number of ether oxygens (including phenoxy) is 1. The molecule has 1 aliphatic heterocycles. The maximum atomic E-state index is 13.1. The van der Waals surface area contributed by atoms with E-state index in [1.54, 1.807) is 19.2 Å². The predicted octanol–water partition coefficient (Wildman–Crippen LogP) is 3.88. The number of methoxy groups -OCH3 is 1. The van der Waals surface area contributed by atoms with Gasteiger partial charge in [-0.05, 0) is 51.3 Å². The van der Waals surface area contributed by atoms with Crippen LogP contribution in [0.3, 0.4) is 0 Å². The van der Waals surface area contributed by atoms with Crippen molar-refractivity contribution >= 4 is 0 Å². The van der Waals surface area contributed by atoms with Crippen LogP contribution in [0.2, 0.25) is 0 Å². The van der Waals surface area contributed by atoms with Crippen LogP contribution in [-0.4, -0.2) is 34.2 Å². The molecule has 4 atom stereocenters. The molecule has 0 N–H and O–H groups in total. The van der Waals surface area contributed by atoms with Crippen molar-refractivity contribution < 1.29 is 13.7 Å². The van der Waals surface area contributed by atoms with E-state index in [4.69, 9.17) is 9.26 Å². The van der Waals surface area contributed by atoms with Gasteiger partial charge in [-0.25, -0.2) is 4.39 Å². The molecule has 1 fully saturated rings. The summed E-state index contributed by atoms with van der Waals surface area (Å²) in [5, 5.41) is 4.10. The third-order valence-corrected chi connectivity index (χ3v) is 4.93. The van der Waals surface area contributed by atoms with Crippen LogP contribution < -0.4 is 0 Å². The monoisotopic (exact) mass is 333 g/mol. The molecule has 130 valence electrons. The molecule has 2 heterocycles. The topological polar surface area (TPSA) is 51.4 Å². The largest absolute Gasteiger partial charge is 0.369 e. The van der Waals surface area contributed by atoms with Crippen LogP contribution in [0.4, 0.5) is 4.39 Å².